The Kier molecular flexibility index (Phi) is 13.3. The minimum absolute atomic E-state index is 0.105. The zero-order valence-electron chi connectivity index (χ0n) is 23.9. The molecule has 2 aromatic rings. The first kappa shape index (κ1) is 32.2. The van der Waals surface area contributed by atoms with Crippen molar-refractivity contribution >= 4 is 29.2 Å². The van der Waals surface area contributed by atoms with Gasteiger partial charge in [0.1, 0.15) is 17.3 Å². The number of ether oxygens (including phenoxy) is 2. The molecule has 0 saturated heterocycles. The third-order valence-corrected chi connectivity index (χ3v) is 7.38. The molecule has 9 heteroatoms. The Morgan fingerprint density at radius 1 is 1.05 bits per heavy atom. The van der Waals surface area contributed by atoms with Gasteiger partial charge in [-0.25, -0.2) is 4.98 Å². The maximum Gasteiger partial charge on any atom is 0.309 e. The highest BCUT2D eigenvalue weighted by Crippen LogP contribution is 2.29. The number of carbonyl (C=O) groups excluding carboxylic acids is 3. The van der Waals surface area contributed by atoms with Crippen LogP contribution in [-0.2, 0) is 25.5 Å². The largest absolute Gasteiger partial charge is 0.461 e. The number of nitrogens with one attached hydrogen (secondary N) is 2. The maximum atomic E-state index is 13.3. The Bertz CT molecular complexity index is 1070. The van der Waals surface area contributed by atoms with Crippen molar-refractivity contribution in [1.82, 2.24) is 15.6 Å². The Balaban J connectivity index is 2.22. The van der Waals surface area contributed by atoms with Crippen LogP contribution in [0.3, 0.4) is 0 Å². The van der Waals surface area contributed by atoms with Crippen molar-refractivity contribution < 1.29 is 23.9 Å². The first-order chi connectivity index (χ1) is 18.5. The number of hydrogen-bond donors (Lipinski definition) is 2. The van der Waals surface area contributed by atoms with Gasteiger partial charge in [0.25, 0.3) is 5.91 Å². The lowest BCUT2D eigenvalue weighted by molar-refractivity contribution is -0.154. The molecular formula is C30H43N3O5S. The average molecular weight is 558 g/mol. The molecule has 0 saturated carbocycles. The van der Waals surface area contributed by atoms with E-state index in [0.717, 1.165) is 5.56 Å². The summed E-state index contributed by atoms with van der Waals surface area (Å²) in [6, 6.07) is 9.58. The number of amides is 1. The van der Waals surface area contributed by atoms with E-state index in [2.05, 4.69) is 36.0 Å². The van der Waals surface area contributed by atoms with Gasteiger partial charge in [0.05, 0.1) is 11.8 Å². The predicted molar refractivity (Wildman–Crippen MR) is 154 cm³/mol. The van der Waals surface area contributed by atoms with Crippen molar-refractivity contribution in [1.29, 1.82) is 0 Å². The van der Waals surface area contributed by atoms with Crippen LogP contribution < -0.4 is 10.6 Å². The van der Waals surface area contributed by atoms with Crippen LogP contribution >= 0.6 is 11.3 Å². The minimum Gasteiger partial charge on any atom is -0.461 e. The molecule has 0 aliphatic carbocycles. The molecule has 0 bridgehead atoms. The highest BCUT2D eigenvalue weighted by atomic mass is 32.1. The van der Waals surface area contributed by atoms with Gasteiger partial charge in [-0.1, -0.05) is 77.6 Å². The summed E-state index contributed by atoms with van der Waals surface area (Å²) in [6.45, 7) is 13.3. The molecule has 4 atom stereocenters. The van der Waals surface area contributed by atoms with Crippen LogP contribution in [0.2, 0.25) is 0 Å². The van der Waals surface area contributed by atoms with E-state index in [1.807, 2.05) is 37.4 Å². The molecule has 8 nitrogen and oxygen atoms in total. The number of thiazole rings is 1. The Labute approximate surface area is 236 Å². The molecular weight excluding hydrogens is 514 g/mol. The molecule has 1 aromatic heterocycles. The van der Waals surface area contributed by atoms with Crippen LogP contribution in [-0.4, -0.2) is 48.6 Å². The lowest BCUT2D eigenvalue weighted by atomic mass is 9.96. The molecule has 1 heterocycles. The molecule has 0 aliphatic heterocycles. The van der Waals surface area contributed by atoms with Gasteiger partial charge in [-0.2, -0.15) is 0 Å². The van der Waals surface area contributed by atoms with Crippen molar-refractivity contribution in [3.05, 3.63) is 64.6 Å². The summed E-state index contributed by atoms with van der Waals surface area (Å²) >= 11 is 1.30. The number of aromatic nitrogens is 1. The maximum absolute atomic E-state index is 13.3. The predicted octanol–water partition coefficient (Wildman–Crippen LogP) is 5.11. The third kappa shape index (κ3) is 10.6. The molecule has 0 radical (unpaired) electrons. The van der Waals surface area contributed by atoms with Crippen LogP contribution in [0.4, 0.5) is 0 Å². The molecule has 214 valence electrons. The van der Waals surface area contributed by atoms with E-state index in [0.29, 0.717) is 30.2 Å². The van der Waals surface area contributed by atoms with Gasteiger partial charge >= 0.3 is 11.9 Å². The van der Waals surface area contributed by atoms with Gasteiger partial charge in [0.15, 0.2) is 6.10 Å². The SMILES string of the molecule is C=CCOC(=O)[C@@H](C)C[C@H](Cc1ccccc1)NC(=O)c1csc([C@@H](C[C@@H](NC)C(C)C)OC(=O)C(C)C)n1. The van der Waals surface area contributed by atoms with Crippen LogP contribution in [0, 0.1) is 17.8 Å². The first-order valence-electron chi connectivity index (χ1n) is 13.5. The second kappa shape index (κ2) is 16.2. The van der Waals surface area contributed by atoms with Gasteiger partial charge in [-0.15, -0.1) is 11.3 Å². The number of nitrogens with zero attached hydrogens (tertiary/aromatic N) is 1. The summed E-state index contributed by atoms with van der Waals surface area (Å²) in [7, 11) is 1.88. The Morgan fingerprint density at radius 3 is 2.33 bits per heavy atom. The monoisotopic (exact) mass is 557 g/mol. The van der Waals surface area contributed by atoms with E-state index in [1.54, 1.807) is 26.2 Å². The molecule has 1 amide bonds. The van der Waals surface area contributed by atoms with Crippen molar-refractivity contribution in [2.24, 2.45) is 17.8 Å². The summed E-state index contributed by atoms with van der Waals surface area (Å²) < 4.78 is 11.0. The zero-order valence-corrected chi connectivity index (χ0v) is 24.8. The normalized spacial score (nSPS) is 14.4. The molecule has 1 aromatic carbocycles. The molecule has 0 spiro atoms. The summed E-state index contributed by atoms with van der Waals surface area (Å²) in [5.74, 6) is -1.36. The third-order valence-electron chi connectivity index (χ3n) is 6.45. The highest BCUT2D eigenvalue weighted by molar-refractivity contribution is 7.09. The van der Waals surface area contributed by atoms with Crippen LogP contribution in [0.1, 0.15) is 74.6 Å². The van der Waals surface area contributed by atoms with Gasteiger partial charge < -0.3 is 20.1 Å². The van der Waals surface area contributed by atoms with Crippen LogP contribution in [0.5, 0.6) is 0 Å². The van der Waals surface area contributed by atoms with Crippen molar-refractivity contribution in [3.8, 4) is 0 Å². The molecule has 0 aliphatic rings. The van der Waals surface area contributed by atoms with E-state index in [-0.39, 0.29) is 48.1 Å². The van der Waals surface area contributed by atoms with Crippen molar-refractivity contribution in [3.63, 3.8) is 0 Å². The number of carbonyl (C=O) groups is 3. The van der Waals surface area contributed by atoms with Crippen molar-refractivity contribution in [2.75, 3.05) is 13.7 Å². The molecule has 0 unspecified atom stereocenters. The van der Waals surface area contributed by atoms with E-state index in [4.69, 9.17) is 9.47 Å². The van der Waals surface area contributed by atoms with E-state index in [1.165, 1.54) is 17.4 Å². The van der Waals surface area contributed by atoms with Gasteiger partial charge in [0, 0.05) is 23.9 Å². The number of rotatable bonds is 16. The summed E-state index contributed by atoms with van der Waals surface area (Å²) in [4.78, 5) is 42.7. The smallest absolute Gasteiger partial charge is 0.309 e. The number of esters is 2. The van der Waals surface area contributed by atoms with Gasteiger partial charge in [0.2, 0.25) is 0 Å². The lowest BCUT2D eigenvalue weighted by Crippen LogP contribution is -2.39. The molecule has 39 heavy (non-hydrogen) atoms. The molecule has 2 rings (SSSR count). The van der Waals surface area contributed by atoms with E-state index >= 15 is 0 Å². The van der Waals surface area contributed by atoms with Gasteiger partial charge in [-0.05, 0) is 31.4 Å². The number of benzene rings is 1. The Morgan fingerprint density at radius 2 is 1.74 bits per heavy atom. The lowest BCUT2D eigenvalue weighted by Gasteiger charge is -2.25. The van der Waals surface area contributed by atoms with Gasteiger partial charge in [-0.3, -0.25) is 14.4 Å². The molecule has 2 N–H and O–H groups in total. The number of hydrogen-bond acceptors (Lipinski definition) is 8. The second-order valence-electron chi connectivity index (χ2n) is 10.4. The molecule has 0 fully saturated rings. The minimum atomic E-state index is -0.564. The summed E-state index contributed by atoms with van der Waals surface area (Å²) in [6.07, 6.45) is 2.46. The van der Waals surface area contributed by atoms with E-state index < -0.39 is 12.0 Å². The summed E-state index contributed by atoms with van der Waals surface area (Å²) in [5, 5.41) is 8.61. The van der Waals surface area contributed by atoms with Crippen LogP contribution in [0.15, 0.2) is 48.4 Å². The van der Waals surface area contributed by atoms with Crippen molar-refractivity contribution in [2.45, 2.75) is 72.1 Å². The first-order valence-corrected chi connectivity index (χ1v) is 14.4. The Hall–Kier alpha value is -3.04. The topological polar surface area (TPSA) is 107 Å². The fourth-order valence-corrected chi connectivity index (χ4v) is 4.97. The van der Waals surface area contributed by atoms with E-state index in [9.17, 15) is 14.4 Å². The highest BCUT2D eigenvalue weighted by Gasteiger charge is 2.28. The second-order valence-corrected chi connectivity index (χ2v) is 11.3. The fraction of sp³-hybridized carbons (Fsp3) is 0.533. The quantitative estimate of drug-likeness (QED) is 0.218. The zero-order chi connectivity index (χ0) is 28.9. The summed E-state index contributed by atoms with van der Waals surface area (Å²) in [5.41, 5.74) is 1.30. The van der Waals surface area contributed by atoms with Crippen LogP contribution in [0.25, 0.3) is 0 Å². The average Bonchev–Trinajstić information content (AvgIpc) is 3.40. The standard InChI is InChI=1S/C30H43N3O5S/c1-8-14-37-30(36)21(6)15-23(16-22-12-10-9-11-13-22)32-27(34)25-18-39-28(33-25)26(38-29(35)20(4)5)17-24(31-7)19(2)3/h8-13,18-21,23-24,26,31H,1,14-17H2,2-7H3,(H,32,34)/t21-,23+,24+,26+/m0/s1. The fourth-order valence-electron chi connectivity index (χ4n) is 4.13.